The Kier molecular flexibility index (Phi) is 33.5. The normalized spacial score (nSPS) is 11.3. The van der Waals surface area contributed by atoms with E-state index >= 15 is 0 Å². The molecule has 0 aromatic heterocycles. The second-order valence-corrected chi connectivity index (χ2v) is 13.1. The molecule has 41 heavy (non-hydrogen) atoms. The Morgan fingerprint density at radius 1 is 0.366 bits per heavy atom. The summed E-state index contributed by atoms with van der Waals surface area (Å²) in [4.78, 5) is 1.82. The first kappa shape index (κ1) is 40.5. The highest BCUT2D eigenvalue weighted by Gasteiger charge is 2.09. The predicted octanol–water partition coefficient (Wildman–Crippen LogP) is 9.04. The smallest absolute Gasteiger partial charge is 0.103 e. The van der Waals surface area contributed by atoms with E-state index in [4.69, 9.17) is 0 Å². The maximum Gasteiger partial charge on any atom is 0.103 e. The van der Waals surface area contributed by atoms with E-state index < -0.39 is 0 Å². The molecule has 0 amide bonds. The number of rotatable bonds is 32. The lowest BCUT2D eigenvalue weighted by molar-refractivity contribution is -0.914. The molecular formula is C39H74ClN. The van der Waals surface area contributed by atoms with E-state index in [9.17, 15) is 0 Å². The molecule has 1 nitrogen and oxygen atoms in total. The van der Waals surface area contributed by atoms with E-state index in [-0.39, 0.29) is 12.4 Å². The summed E-state index contributed by atoms with van der Waals surface area (Å²) in [6, 6.07) is 11.2. The van der Waals surface area contributed by atoms with Crippen molar-refractivity contribution in [1.82, 2.24) is 0 Å². The van der Waals surface area contributed by atoms with E-state index in [1.54, 1.807) is 0 Å². The lowest BCUT2D eigenvalue weighted by Gasteiger charge is -2.20. The van der Waals surface area contributed by atoms with Crippen molar-refractivity contribution in [2.45, 2.75) is 200 Å². The molecule has 0 unspecified atom stereocenters. The molecule has 0 fully saturated rings. The molecule has 1 N–H and O–H groups in total. The first-order chi connectivity index (χ1) is 19.9. The van der Waals surface area contributed by atoms with E-state index in [0.29, 0.717) is 0 Å². The summed E-state index contributed by atoms with van der Waals surface area (Å²) in [5.74, 6) is 0. The van der Waals surface area contributed by atoms with Crippen molar-refractivity contribution < 1.29 is 17.3 Å². The largest absolute Gasteiger partial charge is 1.00 e. The molecule has 0 heterocycles. The maximum atomic E-state index is 2.33. The quantitative estimate of drug-likeness (QED) is 0.0797. The van der Waals surface area contributed by atoms with Gasteiger partial charge < -0.3 is 17.3 Å². The van der Waals surface area contributed by atoms with E-state index in [1.807, 2.05) is 4.90 Å². The molecule has 0 saturated carbocycles. The number of hydrogen-bond donors (Lipinski definition) is 1. The molecule has 0 aliphatic heterocycles. The molecule has 2 heteroatoms. The van der Waals surface area contributed by atoms with Crippen LogP contribution in [0.1, 0.15) is 199 Å². The van der Waals surface area contributed by atoms with E-state index in [2.05, 4.69) is 44.2 Å². The van der Waals surface area contributed by atoms with Crippen LogP contribution in [-0.4, -0.2) is 13.1 Å². The number of unbranched alkanes of at least 4 members (excludes halogenated alkanes) is 26. The van der Waals surface area contributed by atoms with Gasteiger partial charge in [-0.05, 0) is 25.7 Å². The Bertz CT molecular complexity index is 556. The Morgan fingerprint density at radius 3 is 0.927 bits per heavy atom. The average Bonchev–Trinajstić information content (AvgIpc) is 2.97. The Hall–Kier alpha value is -0.530. The SMILES string of the molecule is CCCCCCCCCCCCCCCC[NH+](CCCCCCCCCCCCCCCC)Cc1ccccc1.[Cl-]. The van der Waals surface area contributed by atoms with Crippen LogP contribution in [0.15, 0.2) is 30.3 Å². The molecule has 0 bridgehead atoms. The molecule has 0 aliphatic rings. The predicted molar refractivity (Wildman–Crippen MR) is 181 cm³/mol. The molecule has 0 spiro atoms. The third-order valence-electron chi connectivity index (χ3n) is 9.06. The monoisotopic (exact) mass is 592 g/mol. The second-order valence-electron chi connectivity index (χ2n) is 13.1. The van der Waals surface area contributed by atoms with Crippen molar-refractivity contribution in [1.29, 1.82) is 0 Å². The summed E-state index contributed by atoms with van der Waals surface area (Å²) in [6.45, 7) is 8.57. The van der Waals surface area contributed by atoms with Crippen LogP contribution in [0, 0.1) is 0 Å². The van der Waals surface area contributed by atoms with Gasteiger partial charge in [0.15, 0.2) is 0 Å². The van der Waals surface area contributed by atoms with Crippen LogP contribution in [0.2, 0.25) is 0 Å². The first-order valence-corrected chi connectivity index (χ1v) is 18.7. The minimum atomic E-state index is 0. The third-order valence-corrected chi connectivity index (χ3v) is 9.06. The number of quaternary nitrogens is 1. The van der Waals surface area contributed by atoms with Crippen LogP contribution in [-0.2, 0) is 6.54 Å². The van der Waals surface area contributed by atoms with Gasteiger partial charge in [0.05, 0.1) is 13.1 Å². The van der Waals surface area contributed by atoms with Gasteiger partial charge in [0, 0.05) is 5.56 Å². The van der Waals surface area contributed by atoms with Crippen LogP contribution < -0.4 is 17.3 Å². The van der Waals surface area contributed by atoms with Crippen molar-refractivity contribution in [3.8, 4) is 0 Å². The highest BCUT2D eigenvalue weighted by molar-refractivity contribution is 5.13. The summed E-state index contributed by atoms with van der Waals surface area (Å²) in [6.07, 6.45) is 40.7. The van der Waals surface area contributed by atoms with Crippen LogP contribution in [0.4, 0.5) is 0 Å². The Labute approximate surface area is 265 Å². The fourth-order valence-corrected chi connectivity index (χ4v) is 6.33. The van der Waals surface area contributed by atoms with Crippen LogP contribution in [0.3, 0.4) is 0 Å². The number of halogens is 1. The van der Waals surface area contributed by atoms with Crippen molar-refractivity contribution in [2.24, 2.45) is 0 Å². The van der Waals surface area contributed by atoms with Gasteiger partial charge in [-0.1, -0.05) is 198 Å². The van der Waals surface area contributed by atoms with Crippen LogP contribution in [0.5, 0.6) is 0 Å². The molecule has 0 aliphatic carbocycles. The molecule has 0 radical (unpaired) electrons. The number of benzene rings is 1. The van der Waals surface area contributed by atoms with Gasteiger partial charge in [-0.15, -0.1) is 0 Å². The van der Waals surface area contributed by atoms with E-state index in [0.717, 1.165) is 0 Å². The zero-order valence-electron chi connectivity index (χ0n) is 28.2. The summed E-state index contributed by atoms with van der Waals surface area (Å²) in [7, 11) is 0. The summed E-state index contributed by atoms with van der Waals surface area (Å²) in [5.41, 5.74) is 1.52. The Balaban J connectivity index is 0.0000160. The third kappa shape index (κ3) is 29.3. The van der Waals surface area contributed by atoms with Gasteiger partial charge in [0.1, 0.15) is 6.54 Å². The van der Waals surface area contributed by atoms with Gasteiger partial charge in [0.2, 0.25) is 0 Å². The van der Waals surface area contributed by atoms with Gasteiger partial charge >= 0.3 is 0 Å². The van der Waals surface area contributed by atoms with E-state index in [1.165, 1.54) is 205 Å². The standard InChI is InChI=1S/C39H73N.ClH/c1-3-5-7-9-11-13-15-17-19-21-23-25-27-32-36-40(38-39-34-30-29-31-35-39)37-33-28-26-24-22-20-18-16-14-12-10-8-6-4-2;/h29-31,34-35H,3-28,32-33,36-38H2,1-2H3;1H. The number of hydrogen-bond acceptors (Lipinski definition) is 0. The van der Waals surface area contributed by atoms with Crippen molar-refractivity contribution >= 4 is 0 Å². The lowest BCUT2D eigenvalue weighted by atomic mass is 10.0. The highest BCUT2D eigenvalue weighted by atomic mass is 35.5. The van der Waals surface area contributed by atoms with Crippen LogP contribution >= 0.6 is 0 Å². The number of nitrogens with one attached hydrogen (secondary N) is 1. The lowest BCUT2D eigenvalue weighted by Crippen LogP contribution is -3.10. The molecule has 0 atom stereocenters. The van der Waals surface area contributed by atoms with Gasteiger partial charge in [-0.3, -0.25) is 0 Å². The van der Waals surface area contributed by atoms with Crippen molar-refractivity contribution in [3.05, 3.63) is 35.9 Å². The minimum absolute atomic E-state index is 0. The fourth-order valence-electron chi connectivity index (χ4n) is 6.33. The van der Waals surface area contributed by atoms with Crippen molar-refractivity contribution in [2.75, 3.05) is 13.1 Å². The van der Waals surface area contributed by atoms with Gasteiger partial charge in [-0.2, -0.15) is 0 Å². The minimum Gasteiger partial charge on any atom is -1.00 e. The van der Waals surface area contributed by atoms with Crippen molar-refractivity contribution in [3.63, 3.8) is 0 Å². The second kappa shape index (κ2) is 34.0. The maximum absolute atomic E-state index is 2.33. The summed E-state index contributed by atoms with van der Waals surface area (Å²) < 4.78 is 0. The summed E-state index contributed by atoms with van der Waals surface area (Å²) in [5, 5.41) is 0. The average molecular weight is 592 g/mol. The molecule has 1 aromatic carbocycles. The molecule has 1 aromatic rings. The molecular weight excluding hydrogens is 518 g/mol. The topological polar surface area (TPSA) is 4.44 Å². The highest BCUT2D eigenvalue weighted by Crippen LogP contribution is 2.14. The van der Waals surface area contributed by atoms with Gasteiger partial charge in [-0.25, -0.2) is 0 Å². The van der Waals surface area contributed by atoms with Gasteiger partial charge in [0.25, 0.3) is 0 Å². The Morgan fingerprint density at radius 2 is 0.634 bits per heavy atom. The zero-order valence-corrected chi connectivity index (χ0v) is 28.9. The zero-order chi connectivity index (χ0) is 28.6. The summed E-state index contributed by atoms with van der Waals surface area (Å²) >= 11 is 0. The molecule has 1 rings (SSSR count). The fraction of sp³-hybridized carbons (Fsp3) is 0.846. The van der Waals surface area contributed by atoms with Crippen LogP contribution in [0.25, 0.3) is 0 Å². The molecule has 242 valence electrons. The molecule has 0 saturated heterocycles. The first-order valence-electron chi connectivity index (χ1n) is 18.7.